The van der Waals surface area contributed by atoms with Crippen LogP contribution in [0.3, 0.4) is 0 Å². The fourth-order valence-corrected chi connectivity index (χ4v) is 2.30. The summed E-state index contributed by atoms with van der Waals surface area (Å²) in [5.41, 5.74) is 0.376. The van der Waals surface area contributed by atoms with E-state index < -0.39 is 12.0 Å². The number of nitrogens with zero attached hydrogens (tertiary/aromatic N) is 1. The molecule has 0 aromatic heterocycles. The summed E-state index contributed by atoms with van der Waals surface area (Å²) >= 11 is 0. The largest absolute Gasteiger partial charge is 0.493 e. The molecule has 1 amide bonds. The van der Waals surface area contributed by atoms with E-state index in [1.807, 2.05) is 0 Å². The van der Waals surface area contributed by atoms with Crippen molar-refractivity contribution in [3.05, 3.63) is 23.8 Å². The number of carboxylic acids is 1. The number of hydrogen-bond acceptors (Lipinski definition) is 5. The normalized spacial score (nSPS) is 18.2. The zero-order chi connectivity index (χ0) is 15.4. The third-order valence-corrected chi connectivity index (χ3v) is 3.42. The van der Waals surface area contributed by atoms with E-state index in [1.54, 1.807) is 18.2 Å². The molecule has 1 fully saturated rings. The molecule has 1 saturated heterocycles. The van der Waals surface area contributed by atoms with Gasteiger partial charge in [0.1, 0.15) is 6.04 Å². The zero-order valence-electron chi connectivity index (χ0n) is 12.0. The minimum Gasteiger partial charge on any atom is -0.493 e. The molecule has 1 heterocycles. The van der Waals surface area contributed by atoms with E-state index >= 15 is 0 Å². The summed E-state index contributed by atoms with van der Waals surface area (Å²) in [6.07, 6.45) is 0. The summed E-state index contributed by atoms with van der Waals surface area (Å²) < 4.78 is 10.3. The fraction of sp³-hybridized carbons (Fsp3) is 0.429. The van der Waals surface area contributed by atoms with Gasteiger partial charge in [0, 0.05) is 25.2 Å². The number of piperazine rings is 1. The van der Waals surface area contributed by atoms with E-state index in [-0.39, 0.29) is 12.5 Å². The van der Waals surface area contributed by atoms with Crippen molar-refractivity contribution in [1.82, 2.24) is 10.2 Å². The third-order valence-electron chi connectivity index (χ3n) is 3.42. The Hall–Kier alpha value is -2.28. The summed E-state index contributed by atoms with van der Waals surface area (Å²) in [5.74, 6) is -0.393. The van der Waals surface area contributed by atoms with Crippen molar-refractivity contribution in [2.75, 3.05) is 33.9 Å². The lowest BCUT2D eigenvalue weighted by atomic mass is 10.1. The maximum atomic E-state index is 12.5. The van der Waals surface area contributed by atoms with Gasteiger partial charge in [-0.1, -0.05) is 0 Å². The van der Waals surface area contributed by atoms with Crippen LogP contribution >= 0.6 is 0 Å². The van der Waals surface area contributed by atoms with Crippen molar-refractivity contribution in [3.8, 4) is 11.5 Å². The Kier molecular flexibility index (Phi) is 4.64. The van der Waals surface area contributed by atoms with E-state index in [4.69, 9.17) is 9.47 Å². The maximum Gasteiger partial charge on any atom is 0.327 e. The Labute approximate surface area is 122 Å². The number of ether oxygens (including phenoxy) is 2. The van der Waals surface area contributed by atoms with E-state index in [9.17, 15) is 14.7 Å². The van der Waals surface area contributed by atoms with Crippen LogP contribution in [-0.4, -0.2) is 61.8 Å². The Morgan fingerprint density at radius 2 is 2.00 bits per heavy atom. The Morgan fingerprint density at radius 1 is 1.29 bits per heavy atom. The molecule has 114 valence electrons. The van der Waals surface area contributed by atoms with Crippen molar-refractivity contribution >= 4 is 11.9 Å². The molecule has 1 atom stereocenters. The number of carboxylic acid groups (broad SMARTS) is 1. The molecule has 2 rings (SSSR count). The molecule has 7 heteroatoms. The molecular weight excluding hydrogens is 276 g/mol. The van der Waals surface area contributed by atoms with Crippen LogP contribution in [0.15, 0.2) is 18.2 Å². The summed E-state index contributed by atoms with van der Waals surface area (Å²) in [7, 11) is 2.99. The van der Waals surface area contributed by atoms with Gasteiger partial charge in [0.2, 0.25) is 0 Å². The van der Waals surface area contributed by atoms with Gasteiger partial charge >= 0.3 is 5.97 Å². The van der Waals surface area contributed by atoms with Crippen LogP contribution in [0.2, 0.25) is 0 Å². The van der Waals surface area contributed by atoms with Crippen molar-refractivity contribution in [1.29, 1.82) is 0 Å². The molecule has 1 aromatic carbocycles. The molecule has 0 radical (unpaired) electrons. The first-order chi connectivity index (χ1) is 10.1. The molecule has 0 bridgehead atoms. The second-order valence-corrected chi connectivity index (χ2v) is 4.63. The summed E-state index contributed by atoms with van der Waals surface area (Å²) in [4.78, 5) is 25.1. The predicted octanol–water partition coefficient (Wildman–Crippen LogP) is 0.202. The number of aliphatic carboxylic acids is 1. The Balaban J connectivity index is 2.28. The van der Waals surface area contributed by atoms with Gasteiger partial charge in [-0.3, -0.25) is 4.79 Å². The summed E-state index contributed by atoms with van der Waals surface area (Å²) in [5, 5.41) is 12.2. The number of hydrogen-bond donors (Lipinski definition) is 2. The van der Waals surface area contributed by atoms with Gasteiger partial charge in [0.05, 0.1) is 14.2 Å². The molecule has 2 N–H and O–H groups in total. The first-order valence-electron chi connectivity index (χ1n) is 6.55. The molecule has 1 aliphatic rings. The molecule has 1 aliphatic heterocycles. The number of nitrogens with one attached hydrogen (secondary N) is 1. The zero-order valence-corrected chi connectivity index (χ0v) is 12.0. The lowest BCUT2D eigenvalue weighted by Gasteiger charge is -2.33. The topological polar surface area (TPSA) is 88.1 Å². The highest BCUT2D eigenvalue weighted by Gasteiger charge is 2.32. The summed E-state index contributed by atoms with van der Waals surface area (Å²) in [6, 6.07) is 3.93. The van der Waals surface area contributed by atoms with Gasteiger partial charge in [0.25, 0.3) is 5.91 Å². The van der Waals surface area contributed by atoms with Crippen molar-refractivity contribution in [2.24, 2.45) is 0 Å². The van der Waals surface area contributed by atoms with E-state index in [0.717, 1.165) is 0 Å². The molecule has 1 unspecified atom stereocenters. The van der Waals surface area contributed by atoms with Crippen LogP contribution in [0.25, 0.3) is 0 Å². The van der Waals surface area contributed by atoms with Gasteiger partial charge in [-0.25, -0.2) is 4.79 Å². The monoisotopic (exact) mass is 294 g/mol. The lowest BCUT2D eigenvalue weighted by molar-refractivity contribution is -0.142. The van der Waals surface area contributed by atoms with Crippen LogP contribution in [-0.2, 0) is 4.79 Å². The number of carbonyl (C=O) groups excluding carboxylic acids is 1. The standard InChI is InChI=1S/C14H18N2O5/c1-20-11-4-3-9(7-12(11)21-2)13(17)16-6-5-15-8-10(16)14(18)19/h3-4,7,10,15H,5-6,8H2,1-2H3,(H,18,19). The average Bonchev–Trinajstić information content (AvgIpc) is 2.53. The van der Waals surface area contributed by atoms with Gasteiger partial charge in [-0.15, -0.1) is 0 Å². The van der Waals surface area contributed by atoms with Crippen LogP contribution in [0, 0.1) is 0 Å². The molecule has 0 saturated carbocycles. The van der Waals surface area contributed by atoms with Crippen molar-refractivity contribution in [3.63, 3.8) is 0 Å². The number of carbonyl (C=O) groups is 2. The Bertz CT molecular complexity index is 546. The summed E-state index contributed by atoms with van der Waals surface area (Å²) in [6.45, 7) is 1.17. The van der Waals surface area contributed by atoms with E-state index in [2.05, 4.69) is 5.32 Å². The molecular formula is C14H18N2O5. The predicted molar refractivity (Wildman–Crippen MR) is 74.9 cm³/mol. The quantitative estimate of drug-likeness (QED) is 0.825. The van der Waals surface area contributed by atoms with E-state index in [1.165, 1.54) is 19.1 Å². The van der Waals surface area contributed by atoms with Crippen molar-refractivity contribution in [2.45, 2.75) is 6.04 Å². The van der Waals surface area contributed by atoms with Crippen LogP contribution in [0.1, 0.15) is 10.4 Å². The minimum absolute atomic E-state index is 0.244. The van der Waals surface area contributed by atoms with Gasteiger partial charge < -0.3 is 24.8 Å². The van der Waals surface area contributed by atoms with E-state index in [0.29, 0.717) is 30.2 Å². The van der Waals surface area contributed by atoms with Crippen LogP contribution < -0.4 is 14.8 Å². The Morgan fingerprint density at radius 3 is 2.62 bits per heavy atom. The highest BCUT2D eigenvalue weighted by atomic mass is 16.5. The SMILES string of the molecule is COc1ccc(C(=O)N2CCNCC2C(=O)O)cc1OC. The van der Waals surface area contributed by atoms with Gasteiger partial charge in [-0.05, 0) is 18.2 Å². The minimum atomic E-state index is -1.02. The van der Waals surface area contributed by atoms with Crippen LogP contribution in [0.4, 0.5) is 0 Å². The highest BCUT2D eigenvalue weighted by molar-refractivity contribution is 5.97. The van der Waals surface area contributed by atoms with Crippen molar-refractivity contribution < 1.29 is 24.2 Å². The third kappa shape index (κ3) is 3.08. The average molecular weight is 294 g/mol. The maximum absolute atomic E-state index is 12.5. The molecule has 0 aliphatic carbocycles. The second-order valence-electron chi connectivity index (χ2n) is 4.63. The lowest BCUT2D eigenvalue weighted by Crippen LogP contribution is -2.56. The first-order valence-corrected chi connectivity index (χ1v) is 6.55. The molecule has 7 nitrogen and oxygen atoms in total. The molecule has 1 aromatic rings. The number of benzene rings is 1. The highest BCUT2D eigenvalue weighted by Crippen LogP contribution is 2.28. The first kappa shape index (κ1) is 15.1. The fourth-order valence-electron chi connectivity index (χ4n) is 2.30. The number of amides is 1. The number of rotatable bonds is 4. The molecule has 21 heavy (non-hydrogen) atoms. The van der Waals surface area contributed by atoms with Gasteiger partial charge in [0.15, 0.2) is 11.5 Å². The smallest absolute Gasteiger partial charge is 0.327 e. The van der Waals surface area contributed by atoms with Gasteiger partial charge in [-0.2, -0.15) is 0 Å². The van der Waals surface area contributed by atoms with Crippen LogP contribution in [0.5, 0.6) is 11.5 Å². The number of methoxy groups -OCH3 is 2. The molecule has 0 spiro atoms. The second kappa shape index (κ2) is 6.45.